The maximum atomic E-state index is 12.7. The summed E-state index contributed by atoms with van der Waals surface area (Å²) in [5, 5.41) is 2.83. The Labute approximate surface area is 175 Å². The summed E-state index contributed by atoms with van der Waals surface area (Å²) in [5.41, 5.74) is 2.92. The van der Waals surface area contributed by atoms with Gasteiger partial charge in [-0.25, -0.2) is 0 Å². The van der Waals surface area contributed by atoms with Gasteiger partial charge >= 0.3 is 0 Å². The number of anilines is 2. The molecule has 152 valence electrons. The first-order valence-electron chi connectivity index (χ1n) is 9.66. The third kappa shape index (κ3) is 4.79. The molecule has 1 heterocycles. The number of rotatable bonds is 6. The summed E-state index contributed by atoms with van der Waals surface area (Å²) >= 11 is 1.43. The fourth-order valence-corrected chi connectivity index (χ4v) is 4.10. The van der Waals surface area contributed by atoms with Crippen molar-refractivity contribution in [3.05, 3.63) is 53.6 Å². The Morgan fingerprint density at radius 3 is 2.45 bits per heavy atom. The fraction of sp³-hybridized carbons (Fsp3) is 0.318. The highest BCUT2D eigenvalue weighted by Gasteiger charge is 2.28. The van der Waals surface area contributed by atoms with Gasteiger partial charge < -0.3 is 15.1 Å². The average Bonchev–Trinajstić information content (AvgIpc) is 2.72. The zero-order chi connectivity index (χ0) is 21.0. The summed E-state index contributed by atoms with van der Waals surface area (Å²) in [6.45, 7) is 6.97. The molecule has 0 spiro atoms. The van der Waals surface area contributed by atoms with Crippen molar-refractivity contribution in [2.45, 2.75) is 25.7 Å². The summed E-state index contributed by atoms with van der Waals surface area (Å²) in [5.74, 6) is -0.229. The van der Waals surface area contributed by atoms with Crippen LogP contribution in [0.25, 0.3) is 0 Å². The Kier molecular flexibility index (Phi) is 6.59. The van der Waals surface area contributed by atoms with E-state index in [2.05, 4.69) is 5.32 Å². The van der Waals surface area contributed by atoms with Crippen molar-refractivity contribution in [1.29, 1.82) is 0 Å². The lowest BCUT2D eigenvalue weighted by atomic mass is 10.1. The van der Waals surface area contributed by atoms with Gasteiger partial charge in [-0.3, -0.25) is 14.4 Å². The van der Waals surface area contributed by atoms with Gasteiger partial charge in [-0.05, 0) is 51.1 Å². The van der Waals surface area contributed by atoms with Crippen molar-refractivity contribution in [2.24, 2.45) is 0 Å². The molecule has 1 aliphatic heterocycles. The second-order valence-electron chi connectivity index (χ2n) is 6.84. The molecule has 1 aliphatic rings. The lowest BCUT2D eigenvalue weighted by Gasteiger charge is -2.29. The molecular formula is C22H25N3O3S. The summed E-state index contributed by atoms with van der Waals surface area (Å²) in [6, 6.07) is 12.9. The highest BCUT2D eigenvalue weighted by Crippen LogP contribution is 2.36. The van der Waals surface area contributed by atoms with E-state index in [9.17, 15) is 14.4 Å². The molecule has 0 radical (unpaired) electrons. The SMILES string of the molecule is CCN(CC)C(=O)c1ccc2c(c1)N(CC(=O)Nc1ccc(C)cc1)C(=O)CS2. The quantitative estimate of drug-likeness (QED) is 0.789. The number of thioether (sulfide) groups is 1. The standard InChI is InChI=1S/C22H25N3O3S/c1-4-24(5-2)22(28)16-8-11-19-18(12-16)25(21(27)14-29-19)13-20(26)23-17-9-6-15(3)7-10-17/h6-12H,4-5,13-14H2,1-3H3,(H,23,26). The van der Waals surface area contributed by atoms with Crippen molar-refractivity contribution < 1.29 is 14.4 Å². The van der Waals surface area contributed by atoms with Crippen molar-refractivity contribution >= 4 is 40.9 Å². The van der Waals surface area contributed by atoms with Crippen LogP contribution in [0.2, 0.25) is 0 Å². The molecule has 2 aromatic rings. The highest BCUT2D eigenvalue weighted by atomic mass is 32.2. The van der Waals surface area contributed by atoms with E-state index in [1.54, 1.807) is 17.0 Å². The van der Waals surface area contributed by atoms with Crippen LogP contribution in [0, 0.1) is 6.92 Å². The number of carbonyl (C=O) groups excluding carboxylic acids is 3. The molecule has 0 saturated heterocycles. The van der Waals surface area contributed by atoms with Gasteiger partial charge in [0, 0.05) is 29.2 Å². The van der Waals surface area contributed by atoms with Gasteiger partial charge in [0.2, 0.25) is 11.8 Å². The minimum absolute atomic E-state index is 0.0788. The molecular weight excluding hydrogens is 386 g/mol. The van der Waals surface area contributed by atoms with E-state index in [1.807, 2.05) is 51.1 Å². The molecule has 0 aliphatic carbocycles. The predicted octanol–water partition coefficient (Wildman–Crippen LogP) is 3.55. The van der Waals surface area contributed by atoms with Gasteiger partial charge in [0.05, 0.1) is 11.4 Å². The maximum absolute atomic E-state index is 12.7. The molecule has 3 rings (SSSR count). The summed E-state index contributed by atoms with van der Waals surface area (Å²) < 4.78 is 0. The first-order chi connectivity index (χ1) is 13.9. The number of nitrogens with one attached hydrogen (secondary N) is 1. The van der Waals surface area contributed by atoms with Crippen LogP contribution in [-0.4, -0.2) is 48.0 Å². The largest absolute Gasteiger partial charge is 0.339 e. The highest BCUT2D eigenvalue weighted by molar-refractivity contribution is 8.00. The number of nitrogens with zero attached hydrogens (tertiary/aromatic N) is 2. The number of benzene rings is 2. The smallest absolute Gasteiger partial charge is 0.253 e. The Bertz CT molecular complexity index is 923. The molecule has 1 N–H and O–H groups in total. The molecule has 0 unspecified atom stereocenters. The molecule has 0 fully saturated rings. The molecule has 29 heavy (non-hydrogen) atoms. The molecule has 2 aromatic carbocycles. The molecule has 0 aromatic heterocycles. The van der Waals surface area contributed by atoms with Gasteiger partial charge in [0.25, 0.3) is 5.91 Å². The monoisotopic (exact) mass is 411 g/mol. The minimum Gasteiger partial charge on any atom is -0.339 e. The van der Waals surface area contributed by atoms with E-state index < -0.39 is 0 Å². The summed E-state index contributed by atoms with van der Waals surface area (Å²) in [6.07, 6.45) is 0. The van der Waals surface area contributed by atoms with Gasteiger partial charge in [0.1, 0.15) is 6.54 Å². The van der Waals surface area contributed by atoms with Crippen LogP contribution < -0.4 is 10.2 Å². The maximum Gasteiger partial charge on any atom is 0.253 e. The van der Waals surface area contributed by atoms with Crippen molar-refractivity contribution in [3.8, 4) is 0 Å². The first-order valence-corrected chi connectivity index (χ1v) is 10.6. The van der Waals surface area contributed by atoms with Gasteiger partial charge in [0.15, 0.2) is 0 Å². The third-order valence-corrected chi connectivity index (χ3v) is 5.88. The van der Waals surface area contributed by atoms with E-state index in [1.165, 1.54) is 16.7 Å². The van der Waals surface area contributed by atoms with Crippen LogP contribution in [0.3, 0.4) is 0 Å². The molecule has 0 atom stereocenters. The predicted molar refractivity (Wildman–Crippen MR) is 117 cm³/mol. The zero-order valence-electron chi connectivity index (χ0n) is 16.9. The van der Waals surface area contributed by atoms with E-state index >= 15 is 0 Å². The van der Waals surface area contributed by atoms with Crippen molar-refractivity contribution in [3.63, 3.8) is 0 Å². The van der Waals surface area contributed by atoms with Crippen molar-refractivity contribution in [1.82, 2.24) is 4.90 Å². The fourth-order valence-electron chi connectivity index (χ4n) is 3.18. The van der Waals surface area contributed by atoms with Crippen molar-refractivity contribution in [2.75, 3.05) is 35.6 Å². The second kappa shape index (κ2) is 9.13. The van der Waals surface area contributed by atoms with Gasteiger partial charge in [-0.1, -0.05) is 17.7 Å². The molecule has 0 saturated carbocycles. The Hall–Kier alpha value is -2.80. The number of hydrogen-bond donors (Lipinski definition) is 1. The van der Waals surface area contributed by atoms with E-state index in [0.29, 0.717) is 30.0 Å². The van der Waals surface area contributed by atoms with Crippen LogP contribution in [-0.2, 0) is 9.59 Å². The number of carbonyl (C=O) groups is 3. The second-order valence-corrected chi connectivity index (χ2v) is 7.86. The molecule has 3 amide bonds. The zero-order valence-corrected chi connectivity index (χ0v) is 17.7. The number of fused-ring (bicyclic) bond motifs is 1. The minimum atomic E-state index is -0.277. The topological polar surface area (TPSA) is 69.7 Å². The first kappa shape index (κ1) is 20.9. The Morgan fingerprint density at radius 2 is 1.79 bits per heavy atom. The number of aryl methyl sites for hydroxylation is 1. The Balaban J connectivity index is 1.82. The lowest BCUT2D eigenvalue weighted by molar-refractivity contribution is -0.120. The van der Waals surface area contributed by atoms with E-state index in [0.717, 1.165) is 10.5 Å². The van der Waals surface area contributed by atoms with E-state index in [4.69, 9.17) is 0 Å². The number of hydrogen-bond acceptors (Lipinski definition) is 4. The van der Waals surface area contributed by atoms with Crippen LogP contribution in [0.5, 0.6) is 0 Å². The van der Waals surface area contributed by atoms with Gasteiger partial charge in [-0.15, -0.1) is 11.8 Å². The van der Waals surface area contributed by atoms with Crippen LogP contribution >= 0.6 is 11.8 Å². The summed E-state index contributed by atoms with van der Waals surface area (Å²) in [7, 11) is 0. The molecule has 7 heteroatoms. The molecule has 6 nitrogen and oxygen atoms in total. The number of amides is 3. The van der Waals surface area contributed by atoms with Crippen LogP contribution in [0.15, 0.2) is 47.4 Å². The Morgan fingerprint density at radius 1 is 1.10 bits per heavy atom. The normalized spacial score (nSPS) is 13.1. The third-order valence-electron chi connectivity index (χ3n) is 4.84. The average molecular weight is 412 g/mol. The van der Waals surface area contributed by atoms with Crippen LogP contribution in [0.1, 0.15) is 29.8 Å². The molecule has 0 bridgehead atoms. The lowest BCUT2D eigenvalue weighted by Crippen LogP contribution is -2.41. The van der Waals surface area contributed by atoms with Crippen LogP contribution in [0.4, 0.5) is 11.4 Å². The summed E-state index contributed by atoms with van der Waals surface area (Å²) in [4.78, 5) is 41.9. The van der Waals surface area contributed by atoms with E-state index in [-0.39, 0.29) is 30.0 Å². The van der Waals surface area contributed by atoms with Gasteiger partial charge in [-0.2, -0.15) is 0 Å².